The third-order valence-electron chi connectivity index (χ3n) is 5.54. The molecule has 1 fully saturated rings. The lowest BCUT2D eigenvalue weighted by atomic mass is 10.2. The molecule has 1 aliphatic heterocycles. The van der Waals surface area contributed by atoms with Crippen LogP contribution in [-0.2, 0) is 16.1 Å². The summed E-state index contributed by atoms with van der Waals surface area (Å²) in [5, 5.41) is 14.1. The van der Waals surface area contributed by atoms with Crippen LogP contribution >= 0.6 is 11.8 Å². The number of thioether (sulfide) groups is 1. The molecule has 178 valence electrons. The standard InChI is InChI=1S/C23H24N4O6S/c1-14(21(28)24-19-12-15(27(30)31)9-10-20(19)32-2)34-23-25-18-8-4-3-7-17(18)22(29)26(23)13-16-6-5-11-33-16/h3-4,7-10,12,14,16H,5-6,11,13H2,1-2H3,(H,24,28). The number of non-ortho nitro benzene ring substituents is 1. The number of para-hydroxylation sites is 1. The van der Waals surface area contributed by atoms with Crippen LogP contribution in [0.25, 0.3) is 10.9 Å². The number of anilines is 1. The summed E-state index contributed by atoms with van der Waals surface area (Å²) < 4.78 is 12.5. The number of nitrogens with zero attached hydrogens (tertiary/aromatic N) is 3. The van der Waals surface area contributed by atoms with Crippen molar-refractivity contribution in [2.75, 3.05) is 19.0 Å². The van der Waals surface area contributed by atoms with Gasteiger partial charge in [0.1, 0.15) is 5.75 Å². The number of ether oxygens (including phenoxy) is 2. The lowest BCUT2D eigenvalue weighted by molar-refractivity contribution is -0.384. The molecule has 2 unspecified atom stereocenters. The van der Waals surface area contributed by atoms with Gasteiger partial charge in [0.05, 0.1) is 46.5 Å². The number of amides is 1. The minimum Gasteiger partial charge on any atom is -0.495 e. The van der Waals surface area contributed by atoms with Crippen molar-refractivity contribution in [2.24, 2.45) is 0 Å². The van der Waals surface area contributed by atoms with Crippen LogP contribution in [0, 0.1) is 10.1 Å². The Morgan fingerprint density at radius 2 is 2.18 bits per heavy atom. The van der Waals surface area contributed by atoms with Crippen LogP contribution in [0.3, 0.4) is 0 Å². The maximum atomic E-state index is 13.2. The van der Waals surface area contributed by atoms with E-state index >= 15 is 0 Å². The van der Waals surface area contributed by atoms with Crippen LogP contribution in [-0.4, -0.2) is 45.5 Å². The monoisotopic (exact) mass is 484 g/mol. The predicted octanol–water partition coefficient (Wildman–Crippen LogP) is 3.61. The largest absolute Gasteiger partial charge is 0.495 e. The average molecular weight is 485 g/mol. The van der Waals surface area contributed by atoms with Gasteiger partial charge in [0.15, 0.2) is 5.16 Å². The second-order valence-corrected chi connectivity index (χ2v) is 9.16. The molecule has 1 amide bonds. The van der Waals surface area contributed by atoms with Gasteiger partial charge in [0.25, 0.3) is 11.2 Å². The van der Waals surface area contributed by atoms with Crippen molar-refractivity contribution in [3.8, 4) is 5.75 Å². The predicted molar refractivity (Wildman–Crippen MR) is 129 cm³/mol. The first-order chi connectivity index (χ1) is 16.4. The van der Waals surface area contributed by atoms with Crippen LogP contribution in [0.5, 0.6) is 5.75 Å². The van der Waals surface area contributed by atoms with Crippen molar-refractivity contribution in [1.82, 2.24) is 9.55 Å². The molecule has 0 bridgehead atoms. The highest BCUT2D eigenvalue weighted by atomic mass is 32.2. The van der Waals surface area contributed by atoms with E-state index in [0.717, 1.165) is 24.6 Å². The van der Waals surface area contributed by atoms with Gasteiger partial charge >= 0.3 is 0 Å². The van der Waals surface area contributed by atoms with Crippen molar-refractivity contribution in [3.63, 3.8) is 0 Å². The Labute approximate surface area is 199 Å². The maximum absolute atomic E-state index is 13.2. The zero-order chi connectivity index (χ0) is 24.2. The van der Waals surface area contributed by atoms with E-state index in [4.69, 9.17) is 9.47 Å². The zero-order valence-electron chi connectivity index (χ0n) is 18.7. The highest BCUT2D eigenvalue weighted by Gasteiger charge is 2.24. The molecule has 0 aliphatic carbocycles. The number of benzene rings is 2. The van der Waals surface area contributed by atoms with Gasteiger partial charge in [-0.15, -0.1) is 0 Å². The molecule has 0 spiro atoms. The number of aromatic nitrogens is 2. The first-order valence-corrected chi connectivity index (χ1v) is 11.7. The number of carbonyl (C=O) groups is 1. The third kappa shape index (κ3) is 5.05. The van der Waals surface area contributed by atoms with Gasteiger partial charge in [-0.3, -0.25) is 24.3 Å². The van der Waals surface area contributed by atoms with Crippen molar-refractivity contribution in [2.45, 2.75) is 42.8 Å². The Morgan fingerprint density at radius 1 is 1.38 bits per heavy atom. The van der Waals surface area contributed by atoms with Gasteiger partial charge in [-0.25, -0.2) is 4.98 Å². The number of rotatable bonds is 8. The molecule has 1 aromatic heterocycles. The summed E-state index contributed by atoms with van der Waals surface area (Å²) in [6.07, 6.45) is 1.71. The fourth-order valence-electron chi connectivity index (χ4n) is 3.74. The van der Waals surface area contributed by atoms with Gasteiger partial charge in [0, 0.05) is 18.7 Å². The fourth-order valence-corrected chi connectivity index (χ4v) is 4.66. The summed E-state index contributed by atoms with van der Waals surface area (Å²) in [7, 11) is 1.41. The van der Waals surface area contributed by atoms with Crippen LogP contribution < -0.4 is 15.6 Å². The number of hydrogen-bond acceptors (Lipinski definition) is 8. The molecule has 0 saturated carbocycles. The topological polar surface area (TPSA) is 126 Å². The van der Waals surface area contributed by atoms with Crippen molar-refractivity contribution < 1.29 is 19.2 Å². The molecule has 2 heterocycles. The second-order valence-electron chi connectivity index (χ2n) is 7.85. The normalized spacial score (nSPS) is 16.4. The molecule has 1 N–H and O–H groups in total. The van der Waals surface area contributed by atoms with Crippen molar-refractivity contribution in [3.05, 3.63) is 62.9 Å². The highest BCUT2D eigenvalue weighted by Crippen LogP contribution is 2.31. The molecule has 0 radical (unpaired) electrons. The summed E-state index contributed by atoms with van der Waals surface area (Å²) in [5.41, 5.74) is 0.387. The van der Waals surface area contributed by atoms with Gasteiger partial charge in [-0.2, -0.15) is 0 Å². The summed E-state index contributed by atoms with van der Waals surface area (Å²) in [5.74, 6) is -0.106. The molecule has 34 heavy (non-hydrogen) atoms. The first kappa shape index (κ1) is 23.7. The molecule has 10 nitrogen and oxygen atoms in total. The maximum Gasteiger partial charge on any atom is 0.271 e. The number of nitro groups is 1. The first-order valence-electron chi connectivity index (χ1n) is 10.8. The Kier molecular flexibility index (Phi) is 7.13. The minimum absolute atomic E-state index is 0.0849. The summed E-state index contributed by atoms with van der Waals surface area (Å²) >= 11 is 1.14. The number of hydrogen-bond donors (Lipinski definition) is 1. The summed E-state index contributed by atoms with van der Waals surface area (Å²) in [6.45, 7) is 2.69. The average Bonchev–Trinajstić information content (AvgIpc) is 3.34. The van der Waals surface area contributed by atoms with Gasteiger partial charge in [-0.05, 0) is 38.0 Å². The Morgan fingerprint density at radius 3 is 2.88 bits per heavy atom. The molecule has 1 saturated heterocycles. The summed E-state index contributed by atoms with van der Waals surface area (Å²) in [4.78, 5) is 41.4. The summed E-state index contributed by atoms with van der Waals surface area (Å²) in [6, 6.07) is 11.1. The number of methoxy groups -OCH3 is 1. The Balaban J connectivity index is 1.61. The van der Waals surface area contributed by atoms with E-state index in [2.05, 4.69) is 10.3 Å². The number of nitro benzene ring substituents is 1. The number of fused-ring (bicyclic) bond motifs is 1. The SMILES string of the molecule is COc1ccc([N+](=O)[O-])cc1NC(=O)C(C)Sc1nc2ccccc2c(=O)n1CC1CCCO1. The van der Waals surface area contributed by atoms with E-state index < -0.39 is 16.1 Å². The van der Waals surface area contributed by atoms with E-state index in [1.807, 2.05) is 0 Å². The van der Waals surface area contributed by atoms with Gasteiger partial charge < -0.3 is 14.8 Å². The highest BCUT2D eigenvalue weighted by molar-refractivity contribution is 8.00. The van der Waals surface area contributed by atoms with Crippen LogP contribution in [0.15, 0.2) is 52.4 Å². The van der Waals surface area contributed by atoms with Crippen molar-refractivity contribution >= 4 is 39.9 Å². The quantitative estimate of drug-likeness (QED) is 0.222. The number of nitrogens with one attached hydrogen (secondary N) is 1. The lowest BCUT2D eigenvalue weighted by Crippen LogP contribution is -2.30. The van der Waals surface area contributed by atoms with Gasteiger partial charge in [0.2, 0.25) is 5.91 Å². The van der Waals surface area contributed by atoms with Crippen LogP contribution in [0.2, 0.25) is 0 Å². The van der Waals surface area contributed by atoms with E-state index in [-0.39, 0.29) is 23.0 Å². The van der Waals surface area contributed by atoms with E-state index in [9.17, 15) is 19.7 Å². The lowest BCUT2D eigenvalue weighted by Gasteiger charge is -2.19. The molecule has 11 heteroatoms. The Bertz CT molecular complexity index is 1290. The van der Waals surface area contributed by atoms with E-state index in [0.29, 0.717) is 35.0 Å². The molecular weight excluding hydrogens is 460 g/mol. The molecular formula is C23H24N4O6S. The smallest absolute Gasteiger partial charge is 0.271 e. The van der Waals surface area contributed by atoms with Crippen molar-refractivity contribution in [1.29, 1.82) is 0 Å². The number of carbonyl (C=O) groups excluding carboxylic acids is 1. The molecule has 1 aliphatic rings. The van der Waals surface area contributed by atoms with E-state index in [1.54, 1.807) is 35.8 Å². The second kappa shape index (κ2) is 10.2. The molecule has 3 aromatic rings. The Hall–Kier alpha value is -3.44. The van der Waals surface area contributed by atoms with Gasteiger partial charge in [-0.1, -0.05) is 23.9 Å². The third-order valence-corrected chi connectivity index (χ3v) is 6.63. The van der Waals surface area contributed by atoms with Crippen LogP contribution in [0.4, 0.5) is 11.4 Å². The zero-order valence-corrected chi connectivity index (χ0v) is 19.5. The minimum atomic E-state index is -0.659. The fraction of sp³-hybridized carbons (Fsp3) is 0.348. The van der Waals surface area contributed by atoms with Crippen LogP contribution in [0.1, 0.15) is 19.8 Å². The molecule has 4 rings (SSSR count). The van der Waals surface area contributed by atoms with E-state index in [1.165, 1.54) is 25.3 Å². The molecule has 2 aromatic carbocycles. The molecule has 2 atom stereocenters.